The average molecular weight is 475 g/mol. The third-order valence-corrected chi connectivity index (χ3v) is 9.84. The first-order valence-electron chi connectivity index (χ1n) is 9.85. The zero-order chi connectivity index (χ0) is 20.1. The minimum atomic E-state index is -2.16. The van der Waals surface area contributed by atoms with E-state index in [9.17, 15) is 4.79 Å². The highest BCUT2D eigenvalue weighted by molar-refractivity contribution is 7.96. The Balaban J connectivity index is 0.00000256. The van der Waals surface area contributed by atoms with Crippen LogP contribution in [0.5, 0.6) is 0 Å². The lowest BCUT2D eigenvalue weighted by molar-refractivity contribution is -0.0000135. The molecule has 0 unspecified atom stereocenters. The Morgan fingerprint density at radius 3 is 1.57 bits per heavy atom. The molecule has 4 aromatic carbocycles. The minimum absolute atomic E-state index is 0. The molecule has 0 heterocycles. The number of carbonyl (C=O) groups excluding carboxylic acids is 1. The van der Waals surface area contributed by atoms with Crippen LogP contribution in [0.2, 0.25) is 0 Å². The Morgan fingerprint density at radius 1 is 0.633 bits per heavy atom. The second-order valence-corrected chi connectivity index (χ2v) is 10.7. The number of aryl methyl sites for hydroxylation is 1. The lowest BCUT2D eigenvalue weighted by Gasteiger charge is -2.28. The molecule has 4 aromatic rings. The number of carbonyl (C=O) groups is 1. The topological polar surface area (TPSA) is 17.1 Å². The van der Waals surface area contributed by atoms with E-state index in [1.165, 1.54) is 21.5 Å². The van der Waals surface area contributed by atoms with Gasteiger partial charge in [-0.05, 0) is 42.8 Å². The number of benzene rings is 4. The Hall–Kier alpha value is -2.54. The monoisotopic (exact) mass is 474 g/mol. The van der Waals surface area contributed by atoms with Gasteiger partial charge in [0.05, 0.1) is 0 Å². The van der Waals surface area contributed by atoms with Crippen molar-refractivity contribution in [1.29, 1.82) is 0 Å². The van der Waals surface area contributed by atoms with Crippen molar-refractivity contribution in [2.75, 3.05) is 6.16 Å². The summed E-state index contributed by atoms with van der Waals surface area (Å²) in [6.45, 7) is 2.16. The van der Waals surface area contributed by atoms with Crippen LogP contribution in [-0.2, 0) is 0 Å². The fraction of sp³-hybridized carbons (Fsp3) is 0.0741. The maximum atomic E-state index is 13.5. The predicted molar refractivity (Wildman–Crippen MR) is 126 cm³/mol. The molecular weight excluding hydrogens is 451 g/mol. The van der Waals surface area contributed by atoms with Crippen LogP contribution in [0.4, 0.5) is 0 Å². The summed E-state index contributed by atoms with van der Waals surface area (Å²) in [4.78, 5) is 13.5. The first-order valence-corrected chi connectivity index (χ1v) is 11.8. The van der Waals surface area contributed by atoms with Gasteiger partial charge in [0.2, 0.25) is 5.78 Å². The molecule has 0 aromatic heterocycles. The summed E-state index contributed by atoms with van der Waals surface area (Å²) < 4.78 is 0. The third-order valence-electron chi connectivity index (χ3n) is 5.40. The first-order chi connectivity index (χ1) is 14.2. The highest BCUT2D eigenvalue weighted by Crippen LogP contribution is 2.56. The molecule has 0 saturated carbocycles. The summed E-state index contributed by atoms with van der Waals surface area (Å²) in [5.74, 6) is 0.190. The molecule has 0 bridgehead atoms. The second kappa shape index (κ2) is 9.98. The van der Waals surface area contributed by atoms with E-state index in [0.29, 0.717) is 6.16 Å². The highest BCUT2D eigenvalue weighted by atomic mass is 79.9. The summed E-state index contributed by atoms with van der Waals surface area (Å²) in [6.07, 6.45) is 0.482. The Kier molecular flexibility index (Phi) is 7.37. The van der Waals surface area contributed by atoms with Crippen molar-refractivity contribution in [3.05, 3.63) is 126 Å². The van der Waals surface area contributed by atoms with E-state index >= 15 is 0 Å². The summed E-state index contributed by atoms with van der Waals surface area (Å²) in [5.41, 5.74) is 2.01. The van der Waals surface area contributed by atoms with Gasteiger partial charge in [0, 0.05) is 5.56 Å². The standard InChI is InChI=1S/C27H24OP.BrH/c1-22-13-11-12-20-27(22)29(24-16-7-3-8-17-24,25-18-9-4-10-19-25)21-26(28)23-14-5-2-6-15-23;/h2-20H,21H2,1H3;1H/q+1;/p-1. The molecule has 30 heavy (non-hydrogen) atoms. The first kappa shape index (κ1) is 22.2. The summed E-state index contributed by atoms with van der Waals surface area (Å²) in [5, 5.41) is 3.76. The van der Waals surface area contributed by atoms with Crippen LogP contribution in [0.3, 0.4) is 0 Å². The molecule has 1 nitrogen and oxygen atoms in total. The zero-order valence-electron chi connectivity index (χ0n) is 16.9. The largest absolute Gasteiger partial charge is 1.00 e. The van der Waals surface area contributed by atoms with Crippen molar-refractivity contribution in [3.63, 3.8) is 0 Å². The van der Waals surface area contributed by atoms with Crippen LogP contribution in [0.25, 0.3) is 0 Å². The number of halogens is 1. The van der Waals surface area contributed by atoms with E-state index in [2.05, 4.69) is 79.7 Å². The normalized spacial score (nSPS) is 10.8. The van der Waals surface area contributed by atoms with Gasteiger partial charge in [-0.2, -0.15) is 0 Å². The molecule has 0 radical (unpaired) electrons. The average Bonchev–Trinajstić information content (AvgIpc) is 2.80. The number of Topliss-reactive ketones (excluding diaryl/α,β-unsaturated/α-hetero) is 1. The van der Waals surface area contributed by atoms with Crippen molar-refractivity contribution >= 4 is 29.0 Å². The lowest BCUT2D eigenvalue weighted by Crippen LogP contribution is -3.00. The van der Waals surface area contributed by atoms with E-state index in [4.69, 9.17) is 0 Å². The minimum Gasteiger partial charge on any atom is -1.00 e. The lowest BCUT2D eigenvalue weighted by atomic mass is 10.2. The van der Waals surface area contributed by atoms with Gasteiger partial charge in [-0.3, -0.25) is 4.79 Å². The van der Waals surface area contributed by atoms with E-state index in [0.717, 1.165) is 5.56 Å². The van der Waals surface area contributed by atoms with Crippen molar-refractivity contribution in [2.45, 2.75) is 6.92 Å². The van der Waals surface area contributed by atoms with Crippen LogP contribution in [-0.4, -0.2) is 11.9 Å². The van der Waals surface area contributed by atoms with E-state index in [1.54, 1.807) is 0 Å². The third kappa shape index (κ3) is 4.31. The maximum Gasteiger partial charge on any atom is 0.201 e. The van der Waals surface area contributed by atoms with Gasteiger partial charge in [0.25, 0.3) is 0 Å². The van der Waals surface area contributed by atoms with Gasteiger partial charge >= 0.3 is 0 Å². The number of hydrogen-bond acceptors (Lipinski definition) is 1. The van der Waals surface area contributed by atoms with Gasteiger partial charge in [-0.25, -0.2) is 0 Å². The second-order valence-electron chi connectivity index (χ2n) is 7.21. The van der Waals surface area contributed by atoms with Gasteiger partial charge in [-0.1, -0.05) is 84.9 Å². The molecule has 0 atom stereocenters. The molecule has 150 valence electrons. The predicted octanol–water partition coefficient (Wildman–Crippen LogP) is 2.18. The molecule has 3 heteroatoms. The van der Waals surface area contributed by atoms with Crippen molar-refractivity contribution in [3.8, 4) is 0 Å². The summed E-state index contributed by atoms with van der Waals surface area (Å²) >= 11 is 0. The molecule has 0 N–H and O–H groups in total. The molecule has 0 fully saturated rings. The number of hydrogen-bond donors (Lipinski definition) is 0. The fourth-order valence-corrected chi connectivity index (χ4v) is 8.37. The van der Waals surface area contributed by atoms with Crippen molar-refractivity contribution in [2.24, 2.45) is 0 Å². The quantitative estimate of drug-likeness (QED) is 0.309. The van der Waals surface area contributed by atoms with Crippen LogP contribution in [0, 0.1) is 6.92 Å². The van der Waals surface area contributed by atoms with Gasteiger partial charge in [0.15, 0.2) is 0 Å². The molecule has 0 amide bonds. The van der Waals surface area contributed by atoms with Crippen LogP contribution < -0.4 is 32.9 Å². The molecule has 0 saturated heterocycles. The molecule has 0 aliphatic rings. The highest BCUT2D eigenvalue weighted by Gasteiger charge is 2.48. The molecule has 0 aliphatic heterocycles. The molecular formula is C27H24BrOP. The summed E-state index contributed by atoms with van der Waals surface area (Å²) in [6, 6.07) is 39.4. The van der Waals surface area contributed by atoms with Crippen molar-refractivity contribution in [1.82, 2.24) is 0 Å². The molecule has 0 spiro atoms. The van der Waals surface area contributed by atoms with Crippen LogP contribution >= 0.6 is 7.26 Å². The molecule has 0 aliphatic carbocycles. The van der Waals surface area contributed by atoms with Gasteiger partial charge < -0.3 is 17.0 Å². The van der Waals surface area contributed by atoms with Crippen molar-refractivity contribution < 1.29 is 21.8 Å². The zero-order valence-corrected chi connectivity index (χ0v) is 19.4. The van der Waals surface area contributed by atoms with E-state index in [1.807, 2.05) is 42.5 Å². The van der Waals surface area contributed by atoms with Gasteiger partial charge in [0.1, 0.15) is 29.3 Å². The van der Waals surface area contributed by atoms with E-state index < -0.39 is 7.26 Å². The SMILES string of the molecule is Cc1ccccc1[P+](CC(=O)c1ccccc1)(c1ccccc1)c1ccccc1.[Br-]. The van der Waals surface area contributed by atoms with Gasteiger partial charge in [-0.15, -0.1) is 0 Å². The Labute approximate surface area is 189 Å². The smallest absolute Gasteiger partial charge is 0.201 e. The number of rotatable bonds is 6. The Morgan fingerprint density at radius 2 is 1.07 bits per heavy atom. The fourth-order valence-electron chi connectivity index (χ4n) is 3.98. The Bertz CT molecular complexity index is 1060. The van der Waals surface area contributed by atoms with Crippen LogP contribution in [0.1, 0.15) is 15.9 Å². The van der Waals surface area contributed by atoms with Crippen LogP contribution in [0.15, 0.2) is 115 Å². The summed E-state index contributed by atoms with van der Waals surface area (Å²) in [7, 11) is -2.16. The van der Waals surface area contributed by atoms with E-state index in [-0.39, 0.29) is 22.8 Å². The maximum absolute atomic E-state index is 13.5. The number of ketones is 1. The molecule has 4 rings (SSSR count).